The van der Waals surface area contributed by atoms with Gasteiger partial charge in [-0.1, -0.05) is 23.8 Å². The van der Waals surface area contributed by atoms with Crippen LogP contribution in [0.5, 0.6) is 0 Å². The van der Waals surface area contributed by atoms with Gasteiger partial charge in [0.25, 0.3) is 5.91 Å². The summed E-state index contributed by atoms with van der Waals surface area (Å²) in [7, 11) is 0. The summed E-state index contributed by atoms with van der Waals surface area (Å²) in [5.74, 6) is -1.55. The SMILES string of the molecule is Cc1ccc(N2CC(C(=O)OC(C)C(=O)NCc3cccs3)CC2=O)cc1. The van der Waals surface area contributed by atoms with E-state index in [-0.39, 0.29) is 24.8 Å². The van der Waals surface area contributed by atoms with Crippen LogP contribution < -0.4 is 10.2 Å². The molecule has 1 aromatic carbocycles. The number of hydrogen-bond donors (Lipinski definition) is 1. The molecule has 2 heterocycles. The summed E-state index contributed by atoms with van der Waals surface area (Å²) in [6.07, 6.45) is -0.808. The normalized spacial score (nSPS) is 17.6. The summed E-state index contributed by atoms with van der Waals surface area (Å²) in [5, 5.41) is 4.68. The van der Waals surface area contributed by atoms with Crippen molar-refractivity contribution in [1.29, 1.82) is 0 Å². The van der Waals surface area contributed by atoms with Gasteiger partial charge in [0, 0.05) is 23.5 Å². The summed E-state index contributed by atoms with van der Waals surface area (Å²) in [4.78, 5) is 39.4. The minimum absolute atomic E-state index is 0.0935. The van der Waals surface area contributed by atoms with Gasteiger partial charge in [0.2, 0.25) is 5.91 Å². The largest absolute Gasteiger partial charge is 0.452 e. The fourth-order valence-electron chi connectivity index (χ4n) is 2.89. The lowest BCUT2D eigenvalue weighted by molar-refractivity contribution is -0.158. The van der Waals surface area contributed by atoms with Crippen LogP contribution in [0.15, 0.2) is 41.8 Å². The molecule has 1 fully saturated rings. The van der Waals surface area contributed by atoms with E-state index >= 15 is 0 Å². The van der Waals surface area contributed by atoms with Crippen molar-refractivity contribution in [2.24, 2.45) is 5.92 Å². The van der Waals surface area contributed by atoms with E-state index < -0.39 is 18.0 Å². The smallest absolute Gasteiger partial charge is 0.312 e. The zero-order valence-corrected chi connectivity index (χ0v) is 16.1. The highest BCUT2D eigenvalue weighted by molar-refractivity contribution is 7.09. The minimum atomic E-state index is -0.902. The molecule has 0 aliphatic carbocycles. The van der Waals surface area contributed by atoms with Crippen LogP contribution >= 0.6 is 11.3 Å². The Hall–Kier alpha value is -2.67. The van der Waals surface area contributed by atoms with Gasteiger partial charge in [-0.15, -0.1) is 11.3 Å². The molecule has 1 aliphatic rings. The third kappa shape index (κ3) is 4.74. The van der Waals surface area contributed by atoms with Crippen LogP contribution in [0.3, 0.4) is 0 Å². The number of ether oxygens (including phenoxy) is 1. The van der Waals surface area contributed by atoms with Gasteiger partial charge in [-0.25, -0.2) is 0 Å². The third-order valence-electron chi connectivity index (χ3n) is 4.48. The Labute approximate surface area is 162 Å². The van der Waals surface area contributed by atoms with Crippen molar-refractivity contribution < 1.29 is 19.1 Å². The molecular formula is C20H22N2O4S. The number of amides is 2. The second kappa shape index (κ2) is 8.35. The topological polar surface area (TPSA) is 75.7 Å². The minimum Gasteiger partial charge on any atom is -0.452 e. The highest BCUT2D eigenvalue weighted by Gasteiger charge is 2.37. The van der Waals surface area contributed by atoms with Gasteiger partial charge < -0.3 is 15.0 Å². The van der Waals surface area contributed by atoms with Crippen molar-refractivity contribution in [2.75, 3.05) is 11.4 Å². The van der Waals surface area contributed by atoms with Crippen molar-refractivity contribution >= 4 is 34.8 Å². The van der Waals surface area contributed by atoms with Crippen LogP contribution in [0.25, 0.3) is 0 Å². The number of nitrogens with zero attached hydrogens (tertiary/aromatic N) is 1. The van der Waals surface area contributed by atoms with Crippen LogP contribution in [0.2, 0.25) is 0 Å². The van der Waals surface area contributed by atoms with Gasteiger partial charge in [-0.2, -0.15) is 0 Å². The molecule has 2 aromatic rings. The second-order valence-electron chi connectivity index (χ2n) is 6.62. The molecule has 2 atom stereocenters. The predicted octanol–water partition coefficient (Wildman–Crippen LogP) is 2.66. The first-order valence-corrected chi connectivity index (χ1v) is 9.69. The molecule has 27 heavy (non-hydrogen) atoms. The van der Waals surface area contributed by atoms with Crippen molar-refractivity contribution in [1.82, 2.24) is 5.32 Å². The van der Waals surface area contributed by atoms with Gasteiger partial charge in [-0.3, -0.25) is 14.4 Å². The molecule has 0 spiro atoms. The monoisotopic (exact) mass is 386 g/mol. The molecule has 0 bridgehead atoms. The lowest BCUT2D eigenvalue weighted by Crippen LogP contribution is -2.37. The van der Waals surface area contributed by atoms with Gasteiger partial charge in [0.15, 0.2) is 6.10 Å². The molecular weight excluding hydrogens is 364 g/mol. The molecule has 2 unspecified atom stereocenters. The van der Waals surface area contributed by atoms with Crippen molar-refractivity contribution in [3.05, 3.63) is 52.2 Å². The van der Waals surface area contributed by atoms with Crippen LogP contribution in [-0.2, 0) is 25.7 Å². The number of carbonyl (C=O) groups excluding carboxylic acids is 3. The molecule has 6 nitrogen and oxygen atoms in total. The van der Waals surface area contributed by atoms with Crippen LogP contribution in [0, 0.1) is 12.8 Å². The fraction of sp³-hybridized carbons (Fsp3) is 0.350. The Balaban J connectivity index is 1.52. The molecule has 7 heteroatoms. The zero-order chi connectivity index (χ0) is 19.4. The van der Waals surface area contributed by atoms with E-state index in [0.29, 0.717) is 6.54 Å². The Morgan fingerprint density at radius 1 is 1.30 bits per heavy atom. The Morgan fingerprint density at radius 3 is 2.70 bits per heavy atom. The highest BCUT2D eigenvalue weighted by Crippen LogP contribution is 2.26. The quantitative estimate of drug-likeness (QED) is 0.775. The van der Waals surface area contributed by atoms with E-state index in [1.807, 2.05) is 48.7 Å². The first-order chi connectivity index (χ1) is 12.9. The van der Waals surface area contributed by atoms with E-state index in [2.05, 4.69) is 5.32 Å². The number of rotatable bonds is 6. The maximum Gasteiger partial charge on any atom is 0.312 e. The number of aryl methyl sites for hydroxylation is 1. The molecule has 3 rings (SSSR count). The molecule has 1 aromatic heterocycles. The summed E-state index contributed by atoms with van der Waals surface area (Å²) in [6, 6.07) is 11.4. The van der Waals surface area contributed by atoms with Gasteiger partial charge >= 0.3 is 5.97 Å². The van der Waals surface area contributed by atoms with Crippen LogP contribution in [0.1, 0.15) is 23.8 Å². The molecule has 2 amide bonds. The average molecular weight is 386 g/mol. The maximum absolute atomic E-state index is 12.4. The summed E-state index contributed by atoms with van der Waals surface area (Å²) in [5.41, 5.74) is 1.87. The number of anilines is 1. The van der Waals surface area contributed by atoms with E-state index in [9.17, 15) is 14.4 Å². The average Bonchev–Trinajstić information content (AvgIpc) is 3.30. The van der Waals surface area contributed by atoms with Gasteiger partial charge in [0.05, 0.1) is 12.5 Å². The van der Waals surface area contributed by atoms with Crippen LogP contribution in [-0.4, -0.2) is 30.4 Å². The number of carbonyl (C=O) groups is 3. The summed E-state index contributed by atoms with van der Waals surface area (Å²) in [6.45, 7) is 4.18. The first-order valence-electron chi connectivity index (χ1n) is 8.81. The Kier molecular flexibility index (Phi) is 5.91. The van der Waals surface area contributed by atoms with E-state index in [0.717, 1.165) is 16.1 Å². The molecule has 0 radical (unpaired) electrons. The predicted molar refractivity (Wildman–Crippen MR) is 103 cm³/mol. The van der Waals surface area contributed by atoms with E-state index in [4.69, 9.17) is 4.74 Å². The number of nitrogens with one attached hydrogen (secondary N) is 1. The Morgan fingerprint density at radius 2 is 2.04 bits per heavy atom. The fourth-order valence-corrected chi connectivity index (χ4v) is 3.54. The number of esters is 1. The van der Waals surface area contributed by atoms with E-state index in [1.165, 1.54) is 6.92 Å². The number of thiophene rings is 1. The Bertz CT molecular complexity index is 817. The second-order valence-corrected chi connectivity index (χ2v) is 7.65. The number of benzene rings is 1. The van der Waals surface area contributed by atoms with Crippen molar-refractivity contribution in [2.45, 2.75) is 32.9 Å². The molecule has 1 saturated heterocycles. The lowest BCUT2D eigenvalue weighted by Gasteiger charge is -2.18. The summed E-state index contributed by atoms with van der Waals surface area (Å²) < 4.78 is 5.29. The third-order valence-corrected chi connectivity index (χ3v) is 5.36. The van der Waals surface area contributed by atoms with Gasteiger partial charge in [-0.05, 0) is 37.4 Å². The van der Waals surface area contributed by atoms with Crippen molar-refractivity contribution in [3.63, 3.8) is 0 Å². The lowest BCUT2D eigenvalue weighted by atomic mass is 10.1. The zero-order valence-electron chi connectivity index (χ0n) is 15.3. The number of hydrogen-bond acceptors (Lipinski definition) is 5. The standard InChI is InChI=1S/C20H22N2O4S/c1-13-5-7-16(8-6-13)22-12-15(10-18(22)23)20(25)26-14(2)19(24)21-11-17-4-3-9-27-17/h3-9,14-15H,10-12H2,1-2H3,(H,21,24). The molecule has 1 N–H and O–H groups in total. The van der Waals surface area contributed by atoms with Crippen molar-refractivity contribution in [3.8, 4) is 0 Å². The first kappa shape index (κ1) is 19.1. The van der Waals surface area contributed by atoms with Gasteiger partial charge in [0.1, 0.15) is 0 Å². The molecule has 142 valence electrons. The highest BCUT2D eigenvalue weighted by atomic mass is 32.1. The summed E-state index contributed by atoms with van der Waals surface area (Å²) >= 11 is 1.54. The molecule has 0 saturated carbocycles. The van der Waals surface area contributed by atoms with E-state index in [1.54, 1.807) is 16.2 Å². The maximum atomic E-state index is 12.4. The molecule has 1 aliphatic heterocycles. The van der Waals surface area contributed by atoms with Crippen LogP contribution in [0.4, 0.5) is 5.69 Å².